The molecule has 0 spiro atoms. The van der Waals surface area contributed by atoms with Crippen molar-refractivity contribution < 1.29 is 14.5 Å². The second kappa shape index (κ2) is 7.05. The standard InChI is InChI=1S/C19H19ClN4O2/c20-14-4-3-5-15(12-14)24-18(25)13-16(19(24)26)22-8-10-23(11-9-22)17-6-1-2-7-21-17/h1-7,12,16H,8-11,13H2/p+1. The summed E-state index contributed by atoms with van der Waals surface area (Å²) in [6, 6.07) is 12.5. The highest BCUT2D eigenvalue weighted by atomic mass is 35.5. The Hall–Kier alpha value is -2.44. The number of hydrogen-bond donors (Lipinski definition) is 1. The highest BCUT2D eigenvalue weighted by molar-refractivity contribution is 6.31. The number of quaternary nitrogens is 1. The van der Waals surface area contributed by atoms with Crippen LogP contribution in [0.5, 0.6) is 0 Å². The van der Waals surface area contributed by atoms with E-state index < -0.39 is 0 Å². The molecule has 3 heterocycles. The molecule has 0 aliphatic carbocycles. The van der Waals surface area contributed by atoms with Gasteiger partial charge in [-0.15, -0.1) is 0 Å². The average Bonchev–Trinajstić information content (AvgIpc) is 2.97. The first-order valence-corrected chi connectivity index (χ1v) is 9.14. The molecule has 26 heavy (non-hydrogen) atoms. The maximum Gasteiger partial charge on any atom is 0.292 e. The molecule has 1 atom stereocenters. The lowest BCUT2D eigenvalue weighted by Gasteiger charge is -2.34. The number of nitrogens with zero attached hydrogens (tertiary/aromatic N) is 3. The Kier molecular flexibility index (Phi) is 4.61. The summed E-state index contributed by atoms with van der Waals surface area (Å²) in [5.41, 5.74) is 0.557. The Morgan fingerprint density at radius 1 is 1.08 bits per heavy atom. The number of carbonyl (C=O) groups excluding carboxylic acids is 2. The van der Waals surface area contributed by atoms with Gasteiger partial charge in [-0.1, -0.05) is 23.7 Å². The number of carbonyl (C=O) groups is 2. The number of rotatable bonds is 3. The van der Waals surface area contributed by atoms with Crippen molar-refractivity contribution in [2.75, 3.05) is 36.0 Å². The molecule has 2 saturated heterocycles. The maximum absolute atomic E-state index is 12.9. The van der Waals surface area contributed by atoms with E-state index >= 15 is 0 Å². The van der Waals surface area contributed by atoms with Crippen LogP contribution in [0.4, 0.5) is 11.5 Å². The average molecular weight is 372 g/mol. The van der Waals surface area contributed by atoms with E-state index in [0.29, 0.717) is 10.7 Å². The maximum atomic E-state index is 12.9. The molecule has 1 aromatic carbocycles. The fourth-order valence-electron chi connectivity index (χ4n) is 3.75. The molecule has 1 aromatic heterocycles. The second-order valence-electron chi connectivity index (χ2n) is 6.64. The summed E-state index contributed by atoms with van der Waals surface area (Å²) >= 11 is 6.01. The number of anilines is 2. The van der Waals surface area contributed by atoms with Gasteiger partial charge in [0.2, 0.25) is 5.91 Å². The number of amides is 2. The first-order chi connectivity index (χ1) is 12.6. The monoisotopic (exact) mass is 371 g/mol. The first-order valence-electron chi connectivity index (χ1n) is 8.76. The number of nitrogens with one attached hydrogen (secondary N) is 1. The number of pyridine rings is 1. The summed E-state index contributed by atoms with van der Waals surface area (Å²) in [6.45, 7) is 3.26. The Bertz CT molecular complexity index is 821. The van der Waals surface area contributed by atoms with Crippen LogP contribution in [-0.2, 0) is 9.59 Å². The second-order valence-corrected chi connectivity index (χ2v) is 7.07. The van der Waals surface area contributed by atoms with Crippen LogP contribution >= 0.6 is 11.6 Å². The quantitative estimate of drug-likeness (QED) is 0.810. The van der Waals surface area contributed by atoms with Crippen LogP contribution in [0.15, 0.2) is 48.7 Å². The van der Waals surface area contributed by atoms with E-state index in [4.69, 9.17) is 11.6 Å². The molecular formula is C19H20ClN4O2+. The smallest absolute Gasteiger partial charge is 0.292 e. The van der Waals surface area contributed by atoms with Gasteiger partial charge in [0.1, 0.15) is 5.82 Å². The van der Waals surface area contributed by atoms with Crippen LogP contribution in [0, 0.1) is 0 Å². The molecule has 134 valence electrons. The Morgan fingerprint density at radius 2 is 1.88 bits per heavy atom. The number of benzene rings is 1. The number of piperazine rings is 1. The summed E-state index contributed by atoms with van der Waals surface area (Å²) in [7, 11) is 0. The highest BCUT2D eigenvalue weighted by Gasteiger charge is 2.46. The van der Waals surface area contributed by atoms with Gasteiger partial charge in [0, 0.05) is 11.2 Å². The molecule has 2 fully saturated rings. The molecule has 4 rings (SSSR count). The SMILES string of the molecule is O=C1CC([NH+]2CCN(c3ccccn3)CC2)C(=O)N1c1cccc(Cl)c1. The third-order valence-electron chi connectivity index (χ3n) is 5.08. The largest absolute Gasteiger partial charge is 0.345 e. The van der Waals surface area contributed by atoms with Crippen molar-refractivity contribution in [1.29, 1.82) is 0 Å². The van der Waals surface area contributed by atoms with Gasteiger partial charge in [-0.3, -0.25) is 9.59 Å². The van der Waals surface area contributed by atoms with E-state index in [-0.39, 0.29) is 24.3 Å². The summed E-state index contributed by atoms with van der Waals surface area (Å²) in [5, 5.41) is 0.517. The fourth-order valence-corrected chi connectivity index (χ4v) is 3.93. The molecule has 1 unspecified atom stereocenters. The lowest BCUT2D eigenvalue weighted by molar-refractivity contribution is -0.915. The Balaban J connectivity index is 1.45. The van der Waals surface area contributed by atoms with Crippen molar-refractivity contribution >= 4 is 34.9 Å². The minimum Gasteiger partial charge on any atom is -0.345 e. The summed E-state index contributed by atoms with van der Waals surface area (Å²) in [6.07, 6.45) is 2.04. The molecule has 7 heteroatoms. The summed E-state index contributed by atoms with van der Waals surface area (Å²) in [5.74, 6) is 0.682. The van der Waals surface area contributed by atoms with Gasteiger partial charge < -0.3 is 9.80 Å². The molecule has 0 radical (unpaired) electrons. The predicted molar refractivity (Wildman–Crippen MR) is 99.5 cm³/mol. The highest BCUT2D eigenvalue weighted by Crippen LogP contribution is 2.24. The predicted octanol–water partition coefficient (Wildman–Crippen LogP) is 0.772. The lowest BCUT2D eigenvalue weighted by Crippen LogP contribution is -3.19. The van der Waals surface area contributed by atoms with E-state index in [2.05, 4.69) is 9.88 Å². The van der Waals surface area contributed by atoms with Crippen molar-refractivity contribution in [3.63, 3.8) is 0 Å². The van der Waals surface area contributed by atoms with E-state index in [1.54, 1.807) is 30.5 Å². The van der Waals surface area contributed by atoms with Crippen LogP contribution in [-0.4, -0.2) is 49.0 Å². The lowest BCUT2D eigenvalue weighted by atomic mass is 10.1. The van der Waals surface area contributed by atoms with Crippen LogP contribution in [0.2, 0.25) is 5.02 Å². The van der Waals surface area contributed by atoms with Crippen LogP contribution in [0.25, 0.3) is 0 Å². The summed E-state index contributed by atoms with van der Waals surface area (Å²) < 4.78 is 0. The zero-order valence-electron chi connectivity index (χ0n) is 14.3. The molecule has 2 amide bonds. The van der Waals surface area contributed by atoms with Crippen molar-refractivity contribution in [3.8, 4) is 0 Å². The zero-order valence-corrected chi connectivity index (χ0v) is 15.0. The van der Waals surface area contributed by atoms with Crippen molar-refractivity contribution in [1.82, 2.24) is 4.98 Å². The zero-order chi connectivity index (χ0) is 18.1. The Labute approximate surface area is 157 Å². The van der Waals surface area contributed by atoms with Crippen LogP contribution < -0.4 is 14.7 Å². The van der Waals surface area contributed by atoms with Gasteiger partial charge >= 0.3 is 0 Å². The number of halogens is 1. The number of hydrogen-bond acceptors (Lipinski definition) is 4. The van der Waals surface area contributed by atoms with Gasteiger partial charge in [0.05, 0.1) is 38.3 Å². The third kappa shape index (κ3) is 3.18. The molecule has 2 aromatic rings. The first kappa shape index (κ1) is 17.0. The summed E-state index contributed by atoms with van der Waals surface area (Å²) in [4.78, 5) is 34.4. The fraction of sp³-hybridized carbons (Fsp3) is 0.316. The number of imide groups is 1. The van der Waals surface area contributed by atoms with Gasteiger partial charge in [-0.25, -0.2) is 9.88 Å². The molecule has 2 aliphatic heterocycles. The normalized spacial score (nSPS) is 21.5. The minimum absolute atomic E-state index is 0.126. The van der Waals surface area contributed by atoms with E-state index in [9.17, 15) is 9.59 Å². The van der Waals surface area contributed by atoms with Crippen LogP contribution in [0.1, 0.15) is 6.42 Å². The van der Waals surface area contributed by atoms with E-state index in [1.165, 1.54) is 9.80 Å². The van der Waals surface area contributed by atoms with Crippen molar-refractivity contribution in [3.05, 3.63) is 53.7 Å². The van der Waals surface area contributed by atoms with Gasteiger partial charge in [0.25, 0.3) is 5.91 Å². The molecule has 0 saturated carbocycles. The topological polar surface area (TPSA) is 58.0 Å². The molecule has 2 aliphatic rings. The molecular weight excluding hydrogens is 352 g/mol. The molecule has 1 N–H and O–H groups in total. The van der Waals surface area contributed by atoms with Gasteiger partial charge in [-0.05, 0) is 30.3 Å². The van der Waals surface area contributed by atoms with Crippen molar-refractivity contribution in [2.45, 2.75) is 12.5 Å². The van der Waals surface area contributed by atoms with Gasteiger partial charge in [-0.2, -0.15) is 0 Å². The van der Waals surface area contributed by atoms with Crippen LogP contribution in [0.3, 0.4) is 0 Å². The third-order valence-corrected chi connectivity index (χ3v) is 5.32. The van der Waals surface area contributed by atoms with E-state index in [0.717, 1.165) is 32.0 Å². The van der Waals surface area contributed by atoms with Gasteiger partial charge in [0.15, 0.2) is 6.04 Å². The number of aromatic nitrogens is 1. The van der Waals surface area contributed by atoms with Crippen molar-refractivity contribution in [2.24, 2.45) is 0 Å². The molecule has 6 nitrogen and oxygen atoms in total. The molecule has 0 bridgehead atoms. The van der Waals surface area contributed by atoms with E-state index in [1.807, 2.05) is 18.2 Å². The Morgan fingerprint density at radius 3 is 2.58 bits per heavy atom. The minimum atomic E-state index is -0.313.